The maximum absolute atomic E-state index is 11.8. The lowest BCUT2D eigenvalue weighted by Gasteiger charge is -2.19. The maximum Gasteiger partial charge on any atom is 0.234 e. The van der Waals surface area contributed by atoms with E-state index in [9.17, 15) is 4.79 Å². The summed E-state index contributed by atoms with van der Waals surface area (Å²) in [7, 11) is 1.76. The molecule has 0 fully saturated rings. The zero-order valence-electron chi connectivity index (χ0n) is 11.5. The lowest BCUT2D eigenvalue weighted by atomic mass is 10.0. The van der Waals surface area contributed by atoms with Crippen LogP contribution in [0.15, 0.2) is 54.7 Å². The summed E-state index contributed by atoms with van der Waals surface area (Å²) in [6, 6.07) is 15.7. The van der Waals surface area contributed by atoms with Gasteiger partial charge in [-0.2, -0.15) is 0 Å². The molecular formula is C16H19N3O. The Balaban J connectivity index is 2.14. The van der Waals surface area contributed by atoms with E-state index >= 15 is 0 Å². The van der Waals surface area contributed by atoms with E-state index in [1.165, 1.54) is 0 Å². The van der Waals surface area contributed by atoms with E-state index < -0.39 is 0 Å². The first-order chi connectivity index (χ1) is 9.79. The Bertz CT molecular complexity index is 528. The van der Waals surface area contributed by atoms with Crippen molar-refractivity contribution in [3.8, 4) is 0 Å². The number of pyridine rings is 1. The van der Waals surface area contributed by atoms with Gasteiger partial charge in [0, 0.05) is 18.3 Å². The second kappa shape index (κ2) is 7.40. The maximum atomic E-state index is 11.8. The van der Waals surface area contributed by atoms with E-state index in [2.05, 4.69) is 15.6 Å². The van der Waals surface area contributed by atoms with Crippen LogP contribution in [0.25, 0.3) is 0 Å². The molecule has 1 amide bonds. The number of amides is 1. The molecule has 0 radical (unpaired) electrons. The van der Waals surface area contributed by atoms with Crippen LogP contribution in [-0.2, 0) is 11.2 Å². The summed E-state index contributed by atoms with van der Waals surface area (Å²) < 4.78 is 0. The van der Waals surface area contributed by atoms with Gasteiger partial charge >= 0.3 is 0 Å². The van der Waals surface area contributed by atoms with Gasteiger partial charge in [0.1, 0.15) is 0 Å². The molecule has 104 valence electrons. The summed E-state index contributed by atoms with van der Waals surface area (Å²) in [5.74, 6) is -0.0164. The standard InChI is InChI=1S/C16H19N3O/c1-17-12-16(20)19-15(13-7-3-2-4-8-13)11-14-9-5-6-10-18-14/h2-10,15,17H,11-12H2,1H3,(H,19,20). The fourth-order valence-corrected chi connectivity index (χ4v) is 2.07. The van der Waals surface area contributed by atoms with Gasteiger partial charge in [-0.1, -0.05) is 36.4 Å². The van der Waals surface area contributed by atoms with E-state index in [4.69, 9.17) is 0 Å². The molecule has 1 unspecified atom stereocenters. The van der Waals surface area contributed by atoms with Crippen molar-refractivity contribution in [2.75, 3.05) is 13.6 Å². The van der Waals surface area contributed by atoms with Gasteiger partial charge in [0.05, 0.1) is 12.6 Å². The normalized spacial score (nSPS) is 11.8. The highest BCUT2D eigenvalue weighted by atomic mass is 16.1. The fraction of sp³-hybridized carbons (Fsp3) is 0.250. The van der Waals surface area contributed by atoms with E-state index in [0.29, 0.717) is 13.0 Å². The van der Waals surface area contributed by atoms with Crippen LogP contribution in [0.3, 0.4) is 0 Å². The smallest absolute Gasteiger partial charge is 0.234 e. The van der Waals surface area contributed by atoms with Crippen molar-refractivity contribution >= 4 is 5.91 Å². The van der Waals surface area contributed by atoms with Crippen LogP contribution >= 0.6 is 0 Å². The molecule has 2 rings (SSSR count). The molecule has 1 atom stereocenters. The fourth-order valence-electron chi connectivity index (χ4n) is 2.07. The van der Waals surface area contributed by atoms with Crippen LogP contribution < -0.4 is 10.6 Å². The van der Waals surface area contributed by atoms with Gasteiger partial charge in [0.15, 0.2) is 0 Å². The number of rotatable bonds is 6. The molecule has 4 nitrogen and oxygen atoms in total. The van der Waals surface area contributed by atoms with Crippen molar-refractivity contribution in [1.82, 2.24) is 15.6 Å². The van der Waals surface area contributed by atoms with Crippen molar-refractivity contribution in [2.45, 2.75) is 12.5 Å². The van der Waals surface area contributed by atoms with Gasteiger partial charge in [-0.25, -0.2) is 0 Å². The third kappa shape index (κ3) is 4.17. The lowest BCUT2D eigenvalue weighted by molar-refractivity contribution is -0.120. The second-order valence-corrected chi connectivity index (χ2v) is 4.59. The van der Waals surface area contributed by atoms with E-state index in [-0.39, 0.29) is 11.9 Å². The Labute approximate surface area is 119 Å². The van der Waals surface area contributed by atoms with Gasteiger partial charge in [0.2, 0.25) is 5.91 Å². The van der Waals surface area contributed by atoms with Crippen molar-refractivity contribution < 1.29 is 4.79 Å². The lowest BCUT2D eigenvalue weighted by Crippen LogP contribution is -2.36. The number of nitrogens with one attached hydrogen (secondary N) is 2. The van der Waals surface area contributed by atoms with E-state index in [1.54, 1.807) is 13.2 Å². The summed E-state index contributed by atoms with van der Waals surface area (Å²) >= 11 is 0. The zero-order chi connectivity index (χ0) is 14.2. The molecule has 0 bridgehead atoms. The molecular weight excluding hydrogens is 250 g/mol. The van der Waals surface area contributed by atoms with Gasteiger partial charge in [-0.3, -0.25) is 9.78 Å². The number of aromatic nitrogens is 1. The number of carbonyl (C=O) groups is 1. The van der Waals surface area contributed by atoms with Crippen molar-refractivity contribution in [1.29, 1.82) is 0 Å². The van der Waals surface area contributed by atoms with Crippen LogP contribution in [0.4, 0.5) is 0 Å². The first-order valence-corrected chi connectivity index (χ1v) is 6.68. The second-order valence-electron chi connectivity index (χ2n) is 4.59. The summed E-state index contributed by atoms with van der Waals surface area (Å²) in [6.45, 7) is 0.311. The highest BCUT2D eigenvalue weighted by Crippen LogP contribution is 2.17. The number of likely N-dealkylation sites (N-methyl/N-ethyl adjacent to an activating group) is 1. The Hall–Kier alpha value is -2.20. The number of benzene rings is 1. The number of hydrogen-bond acceptors (Lipinski definition) is 3. The van der Waals surface area contributed by atoms with E-state index in [0.717, 1.165) is 11.3 Å². The molecule has 0 saturated carbocycles. The number of carbonyl (C=O) groups excluding carboxylic acids is 1. The Morgan fingerprint density at radius 3 is 2.55 bits per heavy atom. The van der Waals surface area contributed by atoms with Gasteiger partial charge in [-0.05, 0) is 24.7 Å². The van der Waals surface area contributed by atoms with Gasteiger partial charge in [0.25, 0.3) is 0 Å². The average molecular weight is 269 g/mol. The summed E-state index contributed by atoms with van der Waals surface area (Å²) in [5, 5.41) is 5.90. The topological polar surface area (TPSA) is 54.0 Å². The average Bonchev–Trinajstić information content (AvgIpc) is 2.49. The Kier molecular flexibility index (Phi) is 5.26. The molecule has 1 aromatic carbocycles. The first-order valence-electron chi connectivity index (χ1n) is 6.68. The van der Waals surface area contributed by atoms with Crippen LogP contribution in [-0.4, -0.2) is 24.5 Å². The van der Waals surface area contributed by atoms with Crippen LogP contribution in [0, 0.1) is 0 Å². The minimum atomic E-state index is -0.0630. The molecule has 0 aliphatic rings. The van der Waals surface area contributed by atoms with Crippen LogP contribution in [0.2, 0.25) is 0 Å². The monoisotopic (exact) mass is 269 g/mol. The first kappa shape index (κ1) is 14.2. The predicted molar refractivity (Wildman–Crippen MR) is 79.2 cm³/mol. The van der Waals surface area contributed by atoms with Crippen LogP contribution in [0.1, 0.15) is 17.3 Å². The number of hydrogen-bond donors (Lipinski definition) is 2. The third-order valence-corrected chi connectivity index (χ3v) is 3.01. The SMILES string of the molecule is CNCC(=O)NC(Cc1ccccn1)c1ccccc1. The van der Waals surface area contributed by atoms with Gasteiger partial charge < -0.3 is 10.6 Å². The largest absolute Gasteiger partial charge is 0.348 e. The quantitative estimate of drug-likeness (QED) is 0.839. The Morgan fingerprint density at radius 1 is 1.15 bits per heavy atom. The summed E-state index contributed by atoms with van der Waals surface area (Å²) in [4.78, 5) is 16.2. The molecule has 1 aromatic heterocycles. The molecule has 4 heteroatoms. The zero-order valence-corrected chi connectivity index (χ0v) is 11.5. The minimum Gasteiger partial charge on any atom is -0.348 e. The van der Waals surface area contributed by atoms with Crippen molar-refractivity contribution in [2.24, 2.45) is 0 Å². The van der Waals surface area contributed by atoms with Crippen molar-refractivity contribution in [3.63, 3.8) is 0 Å². The summed E-state index contributed by atoms with van der Waals surface area (Å²) in [5.41, 5.74) is 2.05. The van der Waals surface area contributed by atoms with Crippen molar-refractivity contribution in [3.05, 3.63) is 66.0 Å². The molecule has 0 spiro atoms. The molecule has 0 aliphatic carbocycles. The number of nitrogens with zero attached hydrogens (tertiary/aromatic N) is 1. The Morgan fingerprint density at radius 2 is 1.90 bits per heavy atom. The van der Waals surface area contributed by atoms with Gasteiger partial charge in [-0.15, -0.1) is 0 Å². The molecule has 0 aliphatic heterocycles. The highest BCUT2D eigenvalue weighted by molar-refractivity contribution is 5.78. The highest BCUT2D eigenvalue weighted by Gasteiger charge is 2.15. The third-order valence-electron chi connectivity index (χ3n) is 3.01. The van der Waals surface area contributed by atoms with Crippen LogP contribution in [0.5, 0.6) is 0 Å². The summed E-state index contributed by atoms with van der Waals surface area (Å²) in [6.07, 6.45) is 2.45. The molecule has 2 aromatic rings. The molecule has 20 heavy (non-hydrogen) atoms. The predicted octanol–water partition coefficient (Wildman–Crippen LogP) is 1.70. The molecule has 2 N–H and O–H groups in total. The minimum absolute atomic E-state index is 0.0164. The van der Waals surface area contributed by atoms with E-state index in [1.807, 2.05) is 48.5 Å². The molecule has 1 heterocycles. The molecule has 0 saturated heterocycles.